The molecule has 0 saturated heterocycles. The third kappa shape index (κ3) is 5.40. The van der Waals surface area contributed by atoms with Gasteiger partial charge in [-0.3, -0.25) is 0 Å². The molecule has 0 aliphatic carbocycles. The molecule has 5 heteroatoms. The van der Waals surface area contributed by atoms with Crippen LogP contribution in [-0.2, 0) is 6.01 Å². The molecule has 0 aliphatic rings. The van der Waals surface area contributed by atoms with E-state index in [9.17, 15) is 5.37 Å². The molecule has 0 heterocycles. The molecule has 0 amide bonds. The molecule has 0 fully saturated rings. The summed E-state index contributed by atoms with van der Waals surface area (Å²) in [6.45, 7) is 0. The summed E-state index contributed by atoms with van der Waals surface area (Å²) in [7, 11) is 0. The van der Waals surface area contributed by atoms with Crippen molar-refractivity contribution >= 4 is 49.4 Å². The summed E-state index contributed by atoms with van der Waals surface area (Å²) in [4.78, 5) is 0. The zero-order valence-corrected chi connectivity index (χ0v) is 10.00. The first-order chi connectivity index (χ1) is 2.41. The monoisotopic (exact) mass is 464 g/mol. The predicted molar refractivity (Wildman–Crippen MR) is 14.0 cm³/mol. The van der Waals surface area contributed by atoms with Gasteiger partial charge in [-0.2, -0.15) is 0 Å². The Morgan fingerprint density at radius 3 is 1.60 bits per heavy atom. The van der Waals surface area contributed by atoms with Gasteiger partial charge in [0.25, 0.3) is 0 Å². The Balaban J connectivity index is 2.65. The SMILES string of the molecule is [O]=[Pb][O][Pb]=[O]. The fourth-order valence-corrected chi connectivity index (χ4v) is 1.31. The van der Waals surface area contributed by atoms with Crippen LogP contribution in [0.5, 0.6) is 0 Å². The van der Waals surface area contributed by atoms with Crippen LogP contribution < -0.4 is 0 Å². The summed E-state index contributed by atoms with van der Waals surface area (Å²) in [5, 5.41) is 0. The second-order valence-corrected chi connectivity index (χ2v) is 9.32. The molecule has 0 aromatic rings. The number of hydrogen-bond acceptors (Lipinski definition) is 3. The second kappa shape index (κ2) is 5.40. The summed E-state index contributed by atoms with van der Waals surface area (Å²) >= 11 is -3.87. The zero-order valence-electron chi connectivity index (χ0n) is 2.22. The quantitative estimate of drug-likeness (QED) is 0.492. The number of rotatable bonds is 2. The minimum atomic E-state index is -1.93. The molecule has 0 bridgehead atoms. The van der Waals surface area contributed by atoms with Crippen LogP contribution in [0, 0.1) is 0 Å². The van der Waals surface area contributed by atoms with E-state index in [1.165, 1.54) is 0 Å². The van der Waals surface area contributed by atoms with Crippen molar-refractivity contribution in [3.63, 3.8) is 0 Å². The Labute approximate surface area is 54.8 Å². The average molecular weight is 462 g/mol. The first kappa shape index (κ1) is 6.40. The molecule has 5 heavy (non-hydrogen) atoms. The normalized spacial score (nSPS) is 6.40. The van der Waals surface area contributed by atoms with Crippen molar-refractivity contribution in [3.8, 4) is 0 Å². The van der Waals surface area contributed by atoms with E-state index in [0.29, 0.717) is 0 Å². The molecule has 0 unspecified atom stereocenters. The maximum atomic E-state index is 9.35. The van der Waals surface area contributed by atoms with Gasteiger partial charge in [-0.05, 0) is 0 Å². The molecule has 0 saturated carbocycles. The summed E-state index contributed by atoms with van der Waals surface area (Å²) in [6.07, 6.45) is 0. The maximum absolute atomic E-state index is 9.35. The molecule has 3 nitrogen and oxygen atoms in total. The van der Waals surface area contributed by atoms with Crippen molar-refractivity contribution in [2.75, 3.05) is 0 Å². The minimum absolute atomic E-state index is 1.93. The molecular weight excluding hydrogens is 462 g/mol. The van der Waals surface area contributed by atoms with Gasteiger partial charge in [0.15, 0.2) is 0 Å². The van der Waals surface area contributed by atoms with Crippen LogP contribution in [0.3, 0.4) is 0 Å². The van der Waals surface area contributed by atoms with Crippen LogP contribution >= 0.6 is 0 Å². The van der Waals surface area contributed by atoms with Crippen molar-refractivity contribution < 1.29 is 6.01 Å². The van der Waals surface area contributed by atoms with Gasteiger partial charge >= 0.3 is 55.4 Å². The van der Waals surface area contributed by atoms with Gasteiger partial charge < -0.3 is 0 Å². The Morgan fingerprint density at radius 2 is 1.60 bits per heavy atom. The van der Waals surface area contributed by atoms with E-state index in [2.05, 4.69) is 0.637 Å². The van der Waals surface area contributed by atoms with Gasteiger partial charge in [0.2, 0.25) is 0 Å². The van der Waals surface area contributed by atoms with E-state index in [-0.39, 0.29) is 0 Å². The molecule has 0 spiro atoms. The van der Waals surface area contributed by atoms with Crippen molar-refractivity contribution in [2.45, 2.75) is 0 Å². The van der Waals surface area contributed by atoms with Gasteiger partial charge in [-0.1, -0.05) is 0 Å². The fraction of sp³-hybridized carbons (Fsp3) is 0. The van der Waals surface area contributed by atoms with Crippen LogP contribution in [0.15, 0.2) is 0 Å². The van der Waals surface area contributed by atoms with E-state index < -0.39 is 49.4 Å². The summed E-state index contributed by atoms with van der Waals surface area (Å²) in [5.74, 6) is 0. The Kier molecular flexibility index (Phi) is 6.92. The fourth-order valence-electron chi connectivity index (χ4n) is 0.0170. The van der Waals surface area contributed by atoms with E-state index >= 15 is 0 Å². The Morgan fingerprint density at radius 1 is 1.20 bits per heavy atom. The van der Waals surface area contributed by atoms with Gasteiger partial charge in [-0.15, -0.1) is 0 Å². The molecule has 26 valence electrons. The zero-order chi connectivity index (χ0) is 4.12. The topological polar surface area (TPSA) is 43.4 Å². The average Bonchev–Trinajstić information content (AvgIpc) is 1.41. The molecular formula is O3Pb2. The summed E-state index contributed by atoms with van der Waals surface area (Å²) in [5.41, 5.74) is 0. The van der Waals surface area contributed by atoms with Crippen LogP contribution in [0.2, 0.25) is 0 Å². The second-order valence-electron chi connectivity index (χ2n) is 0.269. The van der Waals surface area contributed by atoms with Crippen molar-refractivity contribution in [2.24, 2.45) is 0 Å². The molecule has 0 aromatic heterocycles. The molecule has 0 rings (SSSR count). The predicted octanol–water partition coefficient (Wildman–Crippen LogP) is -1.07. The molecule has 0 N–H and O–H groups in total. The first-order valence-corrected chi connectivity index (χ1v) is 7.16. The van der Waals surface area contributed by atoms with Crippen LogP contribution in [0.1, 0.15) is 0 Å². The van der Waals surface area contributed by atoms with Crippen molar-refractivity contribution in [1.82, 2.24) is 0 Å². The van der Waals surface area contributed by atoms with Crippen molar-refractivity contribution in [1.29, 1.82) is 0 Å². The third-order valence-corrected chi connectivity index (χ3v) is 6.42. The number of hydrogen-bond donors (Lipinski definition) is 0. The van der Waals surface area contributed by atoms with E-state index in [1.54, 1.807) is 0 Å². The van der Waals surface area contributed by atoms with Crippen LogP contribution in [0.25, 0.3) is 0 Å². The third-order valence-electron chi connectivity index (χ3n) is 0.0833. The first-order valence-electron chi connectivity index (χ1n) is 0.816. The van der Waals surface area contributed by atoms with E-state index in [0.717, 1.165) is 0 Å². The van der Waals surface area contributed by atoms with E-state index in [1.807, 2.05) is 0 Å². The standard InChI is InChI=1S/3O.2Pb. The van der Waals surface area contributed by atoms with Gasteiger partial charge in [0.05, 0.1) is 0 Å². The summed E-state index contributed by atoms with van der Waals surface area (Å²) < 4.78 is 22.8. The van der Waals surface area contributed by atoms with Crippen LogP contribution in [-0.4, -0.2) is 49.4 Å². The molecule has 2 radical (unpaired) electrons. The van der Waals surface area contributed by atoms with Crippen LogP contribution in [0.4, 0.5) is 0 Å². The molecule has 0 aromatic carbocycles. The van der Waals surface area contributed by atoms with Gasteiger partial charge in [0.1, 0.15) is 0 Å². The van der Waals surface area contributed by atoms with Gasteiger partial charge in [0, 0.05) is 0 Å². The molecule has 0 atom stereocenters. The van der Waals surface area contributed by atoms with Gasteiger partial charge in [-0.25, -0.2) is 0 Å². The van der Waals surface area contributed by atoms with E-state index in [4.69, 9.17) is 0 Å². The Bertz CT molecular complexity index is 34.2. The van der Waals surface area contributed by atoms with Crippen molar-refractivity contribution in [3.05, 3.63) is 0 Å². The Hall–Kier alpha value is 1.40. The molecule has 0 aliphatic heterocycles. The summed E-state index contributed by atoms with van der Waals surface area (Å²) in [6, 6.07) is 0.